The molecule has 2 atom stereocenters. The van der Waals surface area contributed by atoms with E-state index in [-0.39, 0.29) is 0 Å². The Hall–Kier alpha value is -2.69. The van der Waals surface area contributed by atoms with E-state index in [0.717, 1.165) is 59.5 Å². The molecule has 6 rings (SSSR count). The van der Waals surface area contributed by atoms with Crippen LogP contribution in [0.5, 0.6) is 23.0 Å². The van der Waals surface area contributed by atoms with Gasteiger partial charge in [-0.2, -0.15) is 0 Å². The second-order valence-electron chi connectivity index (χ2n) is 10.4. The van der Waals surface area contributed by atoms with Gasteiger partial charge in [0.2, 0.25) is 0 Å². The lowest BCUT2D eigenvalue weighted by Crippen LogP contribution is -2.29. The summed E-state index contributed by atoms with van der Waals surface area (Å²) < 4.78 is 23.8. The predicted octanol–water partition coefficient (Wildman–Crippen LogP) is 6.16. The van der Waals surface area contributed by atoms with Crippen molar-refractivity contribution in [2.24, 2.45) is 16.8 Å². The summed E-state index contributed by atoms with van der Waals surface area (Å²) in [5, 5.41) is 0. The number of hydrogen-bond acceptors (Lipinski definition) is 5. The van der Waals surface area contributed by atoms with Crippen LogP contribution in [0.4, 0.5) is 0 Å². The first-order chi connectivity index (χ1) is 16.7. The van der Waals surface area contributed by atoms with Gasteiger partial charge in [0.1, 0.15) is 11.5 Å². The molecule has 3 fully saturated rings. The van der Waals surface area contributed by atoms with Crippen molar-refractivity contribution < 1.29 is 18.9 Å². The van der Waals surface area contributed by atoms with Crippen molar-refractivity contribution in [1.82, 2.24) is 0 Å². The molecule has 2 aromatic carbocycles. The maximum atomic E-state index is 6.22. The SMILES string of the molecule is COc1cc2c(cc1OC)[C@H]1CCCC[C@H]1N=C2c1cc(OCC2CC2)cc(OCC2CC2)c1. The topological polar surface area (TPSA) is 49.3 Å². The van der Waals surface area contributed by atoms with Gasteiger partial charge in [0.15, 0.2) is 11.5 Å². The minimum Gasteiger partial charge on any atom is -0.493 e. The lowest BCUT2D eigenvalue weighted by Gasteiger charge is -2.36. The van der Waals surface area contributed by atoms with Crippen molar-refractivity contribution in [3.8, 4) is 23.0 Å². The predicted molar refractivity (Wildman–Crippen MR) is 133 cm³/mol. The second kappa shape index (κ2) is 9.16. The van der Waals surface area contributed by atoms with Gasteiger partial charge in [-0.1, -0.05) is 12.8 Å². The summed E-state index contributed by atoms with van der Waals surface area (Å²) in [6.45, 7) is 1.56. The van der Waals surface area contributed by atoms with Crippen LogP contribution in [0.1, 0.15) is 74.0 Å². The fourth-order valence-electron chi connectivity index (χ4n) is 5.37. The van der Waals surface area contributed by atoms with E-state index in [9.17, 15) is 0 Å². The van der Waals surface area contributed by atoms with Gasteiger partial charge >= 0.3 is 0 Å². The van der Waals surface area contributed by atoms with Crippen molar-refractivity contribution in [2.45, 2.75) is 63.3 Å². The van der Waals surface area contributed by atoms with Gasteiger partial charge < -0.3 is 18.9 Å². The average molecular weight is 462 g/mol. The van der Waals surface area contributed by atoms with Gasteiger partial charge in [0, 0.05) is 23.1 Å². The third-order valence-electron chi connectivity index (χ3n) is 7.75. The van der Waals surface area contributed by atoms with Crippen LogP contribution in [0.3, 0.4) is 0 Å². The number of nitrogens with zero attached hydrogens (tertiary/aromatic N) is 1. The van der Waals surface area contributed by atoms with Gasteiger partial charge in [-0.05, 0) is 80.2 Å². The number of methoxy groups -OCH3 is 2. The maximum absolute atomic E-state index is 6.22. The first-order valence-corrected chi connectivity index (χ1v) is 13.0. The Bertz CT molecular complexity index is 1050. The highest BCUT2D eigenvalue weighted by atomic mass is 16.5. The molecule has 0 bridgehead atoms. The number of aliphatic imine (C=N–C) groups is 1. The molecule has 0 aromatic heterocycles. The van der Waals surface area contributed by atoms with E-state index in [0.29, 0.717) is 23.8 Å². The highest BCUT2D eigenvalue weighted by Gasteiger charge is 2.35. The fourth-order valence-corrected chi connectivity index (χ4v) is 5.37. The van der Waals surface area contributed by atoms with Crippen LogP contribution in [0.15, 0.2) is 35.3 Å². The monoisotopic (exact) mass is 461 g/mol. The summed E-state index contributed by atoms with van der Waals surface area (Å²) in [5.41, 5.74) is 4.56. The third-order valence-corrected chi connectivity index (χ3v) is 7.75. The van der Waals surface area contributed by atoms with Gasteiger partial charge in [0.25, 0.3) is 0 Å². The van der Waals surface area contributed by atoms with E-state index in [4.69, 9.17) is 23.9 Å². The molecule has 0 unspecified atom stereocenters. The Morgan fingerprint density at radius 1 is 0.735 bits per heavy atom. The molecule has 0 N–H and O–H groups in total. The smallest absolute Gasteiger partial charge is 0.161 e. The van der Waals surface area contributed by atoms with Crippen molar-refractivity contribution in [3.05, 3.63) is 47.0 Å². The van der Waals surface area contributed by atoms with Gasteiger partial charge in [-0.15, -0.1) is 0 Å². The average Bonchev–Trinajstić information content (AvgIpc) is 3.80. The minimum absolute atomic E-state index is 0.307. The normalized spacial score (nSPS) is 23.4. The summed E-state index contributed by atoms with van der Waals surface area (Å²) in [6, 6.07) is 10.9. The van der Waals surface area contributed by atoms with Crippen LogP contribution < -0.4 is 18.9 Å². The summed E-state index contributed by atoms with van der Waals surface area (Å²) in [4.78, 5) is 5.35. The highest BCUT2D eigenvalue weighted by molar-refractivity contribution is 6.15. The van der Waals surface area contributed by atoms with Gasteiger partial charge in [-0.25, -0.2) is 0 Å². The number of hydrogen-bond donors (Lipinski definition) is 0. The standard InChI is InChI=1S/C29H35NO4/c1-31-27-14-24-23-5-3-4-6-26(23)30-29(25(24)15-28(27)32-2)20-11-21(33-16-18-7-8-18)13-22(12-20)34-17-19-9-10-19/h11-15,18-19,23,26H,3-10,16-17H2,1-2H3/t23-,26-/m1/s1. The third kappa shape index (κ3) is 4.49. The zero-order valence-electron chi connectivity index (χ0n) is 20.3. The Morgan fingerprint density at radius 2 is 1.35 bits per heavy atom. The number of rotatable bonds is 9. The molecule has 180 valence electrons. The molecule has 4 aliphatic rings. The van der Waals surface area contributed by atoms with Gasteiger partial charge in [-0.3, -0.25) is 4.99 Å². The zero-order valence-corrected chi connectivity index (χ0v) is 20.3. The Balaban J connectivity index is 1.42. The molecule has 0 spiro atoms. The van der Waals surface area contributed by atoms with Crippen LogP contribution in [-0.4, -0.2) is 39.2 Å². The number of benzene rings is 2. The van der Waals surface area contributed by atoms with Crippen LogP contribution in [0.2, 0.25) is 0 Å². The molecule has 5 heteroatoms. The molecule has 1 heterocycles. The zero-order chi connectivity index (χ0) is 23.1. The molecule has 2 aromatic rings. The van der Waals surface area contributed by atoms with Crippen molar-refractivity contribution in [1.29, 1.82) is 0 Å². The highest BCUT2D eigenvalue weighted by Crippen LogP contribution is 2.45. The van der Waals surface area contributed by atoms with Crippen molar-refractivity contribution in [3.63, 3.8) is 0 Å². The molecular weight excluding hydrogens is 426 g/mol. The van der Waals surface area contributed by atoms with E-state index in [2.05, 4.69) is 30.3 Å². The van der Waals surface area contributed by atoms with E-state index in [1.807, 2.05) is 0 Å². The molecule has 5 nitrogen and oxygen atoms in total. The van der Waals surface area contributed by atoms with Crippen molar-refractivity contribution in [2.75, 3.05) is 27.4 Å². The Morgan fingerprint density at radius 3 is 1.97 bits per heavy atom. The molecule has 3 aliphatic carbocycles. The van der Waals surface area contributed by atoms with E-state index >= 15 is 0 Å². The molecule has 0 amide bonds. The fraction of sp³-hybridized carbons (Fsp3) is 0.552. The van der Waals surface area contributed by atoms with E-state index < -0.39 is 0 Å². The Kier molecular flexibility index (Phi) is 5.88. The van der Waals surface area contributed by atoms with Crippen LogP contribution >= 0.6 is 0 Å². The molecule has 0 saturated heterocycles. The molecule has 0 radical (unpaired) electrons. The largest absolute Gasteiger partial charge is 0.493 e. The first kappa shape index (κ1) is 21.8. The quantitative estimate of drug-likeness (QED) is 0.449. The lowest BCUT2D eigenvalue weighted by molar-refractivity contribution is 0.285. The maximum Gasteiger partial charge on any atom is 0.161 e. The van der Waals surface area contributed by atoms with Gasteiger partial charge in [0.05, 0.1) is 39.2 Å². The minimum atomic E-state index is 0.307. The van der Waals surface area contributed by atoms with E-state index in [1.54, 1.807) is 14.2 Å². The number of fused-ring (bicyclic) bond motifs is 3. The summed E-state index contributed by atoms with van der Waals surface area (Å²) in [5.74, 6) is 5.14. The first-order valence-electron chi connectivity index (χ1n) is 13.0. The molecule has 1 aliphatic heterocycles. The van der Waals surface area contributed by atoms with Crippen LogP contribution in [0, 0.1) is 11.8 Å². The molecule has 34 heavy (non-hydrogen) atoms. The van der Waals surface area contributed by atoms with Crippen LogP contribution in [-0.2, 0) is 0 Å². The van der Waals surface area contributed by atoms with E-state index in [1.165, 1.54) is 50.5 Å². The summed E-state index contributed by atoms with van der Waals surface area (Å²) >= 11 is 0. The molecule has 3 saturated carbocycles. The lowest BCUT2D eigenvalue weighted by atomic mass is 9.75. The summed E-state index contributed by atoms with van der Waals surface area (Å²) in [7, 11) is 3.41. The van der Waals surface area contributed by atoms with Crippen LogP contribution in [0.25, 0.3) is 0 Å². The second-order valence-corrected chi connectivity index (χ2v) is 10.4. The Labute approximate surface area is 202 Å². The number of ether oxygens (including phenoxy) is 4. The van der Waals surface area contributed by atoms with Crippen molar-refractivity contribution >= 4 is 5.71 Å². The molecular formula is C29H35NO4. The summed E-state index contributed by atoms with van der Waals surface area (Å²) in [6.07, 6.45) is 9.88.